The molecule has 3 saturated heterocycles. The van der Waals surface area contributed by atoms with E-state index in [1.807, 2.05) is 73.8 Å². The van der Waals surface area contributed by atoms with E-state index >= 15 is 0 Å². The minimum absolute atomic E-state index is 0.0308. The number of aromatic nitrogens is 1. The molecule has 3 aliphatic heterocycles. The molecule has 0 saturated carbocycles. The third-order valence-corrected chi connectivity index (χ3v) is 19.7. The molecule has 1 aliphatic carbocycles. The Morgan fingerprint density at radius 1 is 0.691 bits per heavy atom. The fourth-order valence-electron chi connectivity index (χ4n) is 14.0. The largest absolute Gasteiger partial charge is 0.465 e. The van der Waals surface area contributed by atoms with Crippen LogP contribution in [0.3, 0.4) is 0 Å². The number of para-hydroxylation sites is 1. The molecule has 0 bridgehead atoms. The number of hydrogen-bond donors (Lipinski definition) is 2. The fraction of sp³-hybridized carbons (Fsp3) is 0.452. The predicted molar refractivity (Wildman–Crippen MR) is 353 cm³/mol. The smallest absolute Gasteiger partial charge is 0.416 e. The lowest BCUT2D eigenvalue weighted by Gasteiger charge is -2.44. The van der Waals surface area contributed by atoms with Gasteiger partial charge in [0.05, 0.1) is 35.0 Å². The molecular formula is C73H84F7N9O8. The number of rotatable bonds is 26. The number of carbonyl (C=O) groups is 5. The average molecular weight is 1350 g/mol. The van der Waals surface area contributed by atoms with Gasteiger partial charge in [-0.25, -0.2) is 14.2 Å². The molecule has 6 aromatic rings. The number of carboxylic acid groups (broad SMARTS) is 1. The lowest BCUT2D eigenvalue weighted by atomic mass is 9.72. The molecule has 4 heterocycles. The molecule has 17 nitrogen and oxygen atoms in total. The van der Waals surface area contributed by atoms with Crippen LogP contribution in [0.4, 0.5) is 47.0 Å². The lowest BCUT2D eigenvalue weighted by Crippen LogP contribution is -2.50. The van der Waals surface area contributed by atoms with Crippen molar-refractivity contribution in [1.82, 2.24) is 34.4 Å². The van der Waals surface area contributed by atoms with Gasteiger partial charge in [0.15, 0.2) is 0 Å². The van der Waals surface area contributed by atoms with Gasteiger partial charge in [0.2, 0.25) is 11.8 Å². The Morgan fingerprint density at radius 3 is 2.02 bits per heavy atom. The third kappa shape index (κ3) is 17.5. The van der Waals surface area contributed by atoms with Gasteiger partial charge in [0, 0.05) is 109 Å². The molecule has 10 rings (SSSR count). The van der Waals surface area contributed by atoms with Crippen LogP contribution >= 0.6 is 0 Å². The lowest BCUT2D eigenvalue weighted by molar-refractivity contribution is -0.143. The molecule has 0 radical (unpaired) electrons. The molecule has 1 spiro atoms. The van der Waals surface area contributed by atoms with E-state index in [2.05, 4.69) is 32.2 Å². The number of fused-ring (bicyclic) bond motifs is 2. The number of likely N-dealkylation sites (tertiary alicyclic amines) is 2. The van der Waals surface area contributed by atoms with Crippen LogP contribution in [0.15, 0.2) is 140 Å². The Hall–Kier alpha value is -8.45. The number of pyridine rings is 1. The first-order chi connectivity index (χ1) is 46.4. The second-order valence-electron chi connectivity index (χ2n) is 26.0. The summed E-state index contributed by atoms with van der Waals surface area (Å²) >= 11 is 0. The number of halogens is 7. The third-order valence-electron chi connectivity index (χ3n) is 19.7. The van der Waals surface area contributed by atoms with Gasteiger partial charge in [-0.05, 0) is 142 Å². The number of likely N-dealkylation sites (N-methyl/N-ethyl adjacent to an activating group) is 2. The number of ether oxygens (including phenoxy) is 2. The highest BCUT2D eigenvalue weighted by Crippen LogP contribution is 2.49. The number of alkyl halides is 6. The molecule has 24 heteroatoms. The zero-order chi connectivity index (χ0) is 69.1. The second-order valence-corrected chi connectivity index (χ2v) is 26.0. The van der Waals surface area contributed by atoms with Crippen molar-refractivity contribution in [1.29, 1.82) is 0 Å². The topological polar surface area (TPSA) is 172 Å². The van der Waals surface area contributed by atoms with Crippen molar-refractivity contribution < 1.29 is 69.3 Å². The Kier molecular flexibility index (Phi) is 23.1. The molecule has 2 N–H and O–H groups in total. The van der Waals surface area contributed by atoms with Crippen LogP contribution in [-0.4, -0.2) is 188 Å². The van der Waals surface area contributed by atoms with Crippen molar-refractivity contribution in [3.8, 4) is 11.1 Å². The van der Waals surface area contributed by atoms with Crippen LogP contribution in [0.2, 0.25) is 0 Å². The summed E-state index contributed by atoms with van der Waals surface area (Å²) in [5.74, 6) is -1.31. The van der Waals surface area contributed by atoms with Crippen molar-refractivity contribution in [3.63, 3.8) is 0 Å². The van der Waals surface area contributed by atoms with Crippen molar-refractivity contribution >= 4 is 41.2 Å². The van der Waals surface area contributed by atoms with Gasteiger partial charge < -0.3 is 49.3 Å². The number of nitrogens with zero attached hydrogens (tertiary/aromatic N) is 8. The number of nitrogens with one attached hydrogen (secondary N) is 1. The van der Waals surface area contributed by atoms with Crippen molar-refractivity contribution in [2.45, 2.75) is 106 Å². The summed E-state index contributed by atoms with van der Waals surface area (Å²) in [7, 11) is 5.24. The molecule has 1 aromatic heterocycles. The maximum Gasteiger partial charge on any atom is 0.416 e. The van der Waals surface area contributed by atoms with Crippen LogP contribution in [-0.2, 0) is 48.9 Å². The van der Waals surface area contributed by atoms with Crippen LogP contribution in [0.25, 0.3) is 11.1 Å². The number of hydrogen-bond acceptors (Lipinski definition) is 11. The molecule has 0 unspecified atom stereocenters. The first kappa shape index (κ1) is 71.3. The molecule has 97 heavy (non-hydrogen) atoms. The summed E-state index contributed by atoms with van der Waals surface area (Å²) in [5, 5.41) is 13.7. The Morgan fingerprint density at radius 2 is 1.34 bits per heavy atom. The molecule has 5 aromatic carbocycles. The molecule has 518 valence electrons. The molecule has 3 fully saturated rings. The second kappa shape index (κ2) is 31.4. The minimum atomic E-state index is -5.15. The summed E-state index contributed by atoms with van der Waals surface area (Å²) in [6.07, 6.45) is -3.09. The highest BCUT2D eigenvalue weighted by Gasteiger charge is 2.50. The quantitative estimate of drug-likeness (QED) is 0.0390. The van der Waals surface area contributed by atoms with Gasteiger partial charge in [0.25, 0.3) is 11.8 Å². The van der Waals surface area contributed by atoms with Gasteiger partial charge in [-0.3, -0.25) is 24.1 Å². The zero-order valence-corrected chi connectivity index (χ0v) is 54.9. The van der Waals surface area contributed by atoms with E-state index in [0.717, 1.165) is 59.5 Å². The van der Waals surface area contributed by atoms with Gasteiger partial charge in [-0.15, -0.1) is 0 Å². The van der Waals surface area contributed by atoms with Crippen molar-refractivity contribution in [2.75, 3.05) is 117 Å². The standard InChI is InChI=1S/C73H84F7N9O8/c1-83(34-14-35-85(3)67(92)53-22-27-64(82-47-53)81-33-13-5-8-21-65(90)84(2)41-42-86-36-28-59(29-37-86)89(69(94)95)62-20-12-10-18-60(62)51-15-6-4-7-16-51)66(91)48-96-63-45-52-17-9-11-19-61(52)70(63)30-38-87(39-31-70)40-32-71(55-23-25-58(74)26-24-55)49-88(50-97-71)68(93)54-43-56(72(75,76)77)46-57(44-54)73(78,79)80/h4,6-7,9-12,15-20,22-27,43-44,46-47,59,63H,5,8,13-14,21,28-42,45,48-50H2,1-3H3,(H,81,82)(H,94,95)/t63-,71+/m0/s1. The van der Waals surface area contributed by atoms with E-state index in [-0.39, 0.29) is 55.5 Å². The Balaban J connectivity index is 0.616. The molecule has 5 amide bonds. The number of unbranched alkanes of at least 4 members (excludes halogenated alkanes) is 2. The minimum Gasteiger partial charge on any atom is -0.465 e. The van der Waals surface area contributed by atoms with Crippen molar-refractivity contribution in [3.05, 3.63) is 184 Å². The average Bonchev–Trinajstić information content (AvgIpc) is 1.61. The van der Waals surface area contributed by atoms with E-state index in [1.54, 1.807) is 40.9 Å². The zero-order valence-electron chi connectivity index (χ0n) is 54.9. The van der Waals surface area contributed by atoms with Crippen molar-refractivity contribution in [2.24, 2.45) is 0 Å². The fourth-order valence-corrected chi connectivity index (χ4v) is 14.0. The van der Waals surface area contributed by atoms with Crippen LogP contribution in [0.5, 0.6) is 0 Å². The Labute approximate surface area is 561 Å². The SMILES string of the molecule is CN(CCN1CCC(N(C(=O)O)c2ccccc2-c2ccccc2)CC1)C(=O)CCCCCNc1ccc(C(=O)N(C)CCCN(C)C(=O)CO[C@H]2Cc3ccccc3C23CCN(CC[C@]2(c4ccc(F)cc4)CN(C(=O)c4cc(C(F)(F)F)cc(C(F)(F)F)c4)CO2)CC3)cn1. The van der Waals surface area contributed by atoms with E-state index < -0.39 is 64.6 Å². The summed E-state index contributed by atoms with van der Waals surface area (Å²) in [6, 6.07) is 35.1. The Bertz CT molecular complexity index is 3650. The number of piperidine rings is 2. The monoisotopic (exact) mass is 1350 g/mol. The van der Waals surface area contributed by atoms with E-state index in [0.29, 0.717) is 132 Å². The van der Waals surface area contributed by atoms with E-state index in [4.69, 9.17) is 9.47 Å². The highest BCUT2D eigenvalue weighted by molar-refractivity contribution is 5.96. The maximum absolute atomic E-state index is 14.2. The summed E-state index contributed by atoms with van der Waals surface area (Å²) < 4.78 is 110. The van der Waals surface area contributed by atoms with E-state index in [9.17, 15) is 59.8 Å². The summed E-state index contributed by atoms with van der Waals surface area (Å²) in [6.45, 7) is 5.00. The molecule has 2 atom stereocenters. The number of amides is 5. The number of anilines is 2. The van der Waals surface area contributed by atoms with Crippen LogP contribution in [0, 0.1) is 5.82 Å². The maximum atomic E-state index is 14.2. The number of carbonyl (C=O) groups excluding carboxylic acids is 4. The van der Waals surface area contributed by atoms with Gasteiger partial charge in [-0.1, -0.05) is 91.3 Å². The van der Waals surface area contributed by atoms with Crippen LogP contribution < -0.4 is 10.2 Å². The van der Waals surface area contributed by atoms with Gasteiger partial charge in [0.1, 0.15) is 30.6 Å². The van der Waals surface area contributed by atoms with Gasteiger partial charge >= 0.3 is 18.4 Å². The van der Waals surface area contributed by atoms with Gasteiger partial charge in [-0.2, -0.15) is 26.3 Å². The first-order valence-electron chi connectivity index (χ1n) is 33.1. The summed E-state index contributed by atoms with van der Waals surface area (Å²) in [5.41, 5.74) is 0.0453. The summed E-state index contributed by atoms with van der Waals surface area (Å²) in [4.78, 5) is 83.1. The first-order valence-corrected chi connectivity index (χ1v) is 33.1. The predicted octanol–water partition coefficient (Wildman–Crippen LogP) is 12.3. The van der Waals surface area contributed by atoms with Crippen LogP contribution in [0.1, 0.15) is 113 Å². The normalized spacial score (nSPS) is 18.2. The molecule has 4 aliphatic rings. The van der Waals surface area contributed by atoms with E-state index in [1.165, 1.54) is 35.4 Å². The molecular weight excluding hydrogens is 1260 g/mol. The highest BCUT2D eigenvalue weighted by atomic mass is 19.4. The number of benzene rings is 5.